The van der Waals surface area contributed by atoms with Crippen molar-refractivity contribution in [2.24, 2.45) is 11.8 Å². The summed E-state index contributed by atoms with van der Waals surface area (Å²) >= 11 is 6.41. The van der Waals surface area contributed by atoms with Gasteiger partial charge in [0.05, 0.1) is 10.9 Å². The number of aliphatic hydroxyl groups excluding tert-OH is 1. The van der Waals surface area contributed by atoms with E-state index in [-0.39, 0.29) is 35.1 Å². The van der Waals surface area contributed by atoms with Gasteiger partial charge in [0.2, 0.25) is 11.7 Å². The van der Waals surface area contributed by atoms with Gasteiger partial charge in [-0.3, -0.25) is 0 Å². The molecule has 4 rings (SSSR count). The number of nitrogens with zero attached hydrogens (tertiary/aromatic N) is 4. The molecule has 3 atom stereocenters. The molecule has 0 radical (unpaired) electrons. The molecule has 4 N–H and O–H groups in total. The Labute approximate surface area is 161 Å². The maximum atomic E-state index is 9.61. The second-order valence-corrected chi connectivity index (χ2v) is 7.66. The Morgan fingerprint density at radius 2 is 2.26 bits per heavy atom. The van der Waals surface area contributed by atoms with Crippen LogP contribution in [0.25, 0.3) is 22.4 Å². The summed E-state index contributed by atoms with van der Waals surface area (Å²) in [7, 11) is 0. The van der Waals surface area contributed by atoms with Gasteiger partial charge < -0.3 is 20.6 Å². The highest BCUT2D eigenvalue weighted by atomic mass is 35.5. The molecule has 27 heavy (non-hydrogen) atoms. The minimum atomic E-state index is -0.266. The highest BCUT2D eigenvalue weighted by Crippen LogP contribution is 2.44. The van der Waals surface area contributed by atoms with Crippen molar-refractivity contribution in [1.29, 1.82) is 0 Å². The summed E-state index contributed by atoms with van der Waals surface area (Å²) in [5.74, 6) is 1.56. The van der Waals surface area contributed by atoms with Crippen LogP contribution in [0.15, 0.2) is 23.0 Å². The van der Waals surface area contributed by atoms with Crippen molar-refractivity contribution in [3.63, 3.8) is 0 Å². The molecule has 0 aliphatic heterocycles. The average Bonchev–Trinajstić information content (AvgIpc) is 3.16. The normalized spacial score (nSPS) is 25.2. The van der Waals surface area contributed by atoms with Crippen molar-refractivity contribution >= 4 is 34.5 Å². The fourth-order valence-electron chi connectivity index (χ4n) is 3.85. The number of rotatable bonds is 4. The van der Waals surface area contributed by atoms with Crippen molar-refractivity contribution in [2.45, 2.75) is 32.2 Å². The Kier molecular flexibility index (Phi) is 4.39. The predicted octanol–water partition coefficient (Wildman–Crippen LogP) is 3.12. The molecular weight excluding hydrogens is 368 g/mol. The van der Waals surface area contributed by atoms with E-state index < -0.39 is 0 Å². The second-order valence-electron chi connectivity index (χ2n) is 7.30. The van der Waals surface area contributed by atoms with E-state index in [0.29, 0.717) is 22.9 Å². The predicted molar refractivity (Wildman–Crippen MR) is 103 cm³/mol. The lowest BCUT2D eigenvalue weighted by molar-refractivity contribution is 0.187. The van der Waals surface area contributed by atoms with Crippen LogP contribution >= 0.6 is 11.6 Å². The van der Waals surface area contributed by atoms with Gasteiger partial charge in [0, 0.05) is 18.3 Å². The number of aliphatic hydroxyl groups is 1. The van der Waals surface area contributed by atoms with E-state index in [1.54, 1.807) is 12.3 Å². The number of halogens is 1. The molecule has 8 nitrogen and oxygen atoms in total. The van der Waals surface area contributed by atoms with Crippen LogP contribution in [0.1, 0.15) is 26.7 Å². The summed E-state index contributed by atoms with van der Waals surface area (Å²) in [5, 5.41) is 14.1. The van der Waals surface area contributed by atoms with Crippen molar-refractivity contribution < 1.29 is 9.52 Å². The third kappa shape index (κ3) is 3.08. The topological polar surface area (TPSA) is 123 Å². The second kappa shape index (κ2) is 6.61. The van der Waals surface area contributed by atoms with Crippen molar-refractivity contribution in [3.8, 4) is 11.3 Å². The van der Waals surface area contributed by atoms with Gasteiger partial charge in [0.25, 0.3) is 0 Å². The van der Waals surface area contributed by atoms with Gasteiger partial charge in [0.1, 0.15) is 23.1 Å². The first-order valence-electron chi connectivity index (χ1n) is 8.83. The Bertz CT molecular complexity index is 960. The Balaban J connectivity index is 1.79. The zero-order valence-electron chi connectivity index (χ0n) is 15.1. The first-order valence-corrected chi connectivity index (χ1v) is 9.21. The van der Waals surface area contributed by atoms with Gasteiger partial charge in [-0.25, -0.2) is 15.0 Å². The van der Waals surface area contributed by atoms with Crippen LogP contribution in [0.4, 0.5) is 11.8 Å². The lowest BCUT2D eigenvalue weighted by atomic mass is 9.86. The number of nitrogen functional groups attached to an aromatic ring is 1. The van der Waals surface area contributed by atoms with E-state index in [1.807, 2.05) is 0 Å². The largest absolute Gasteiger partial charge is 0.437 e. The highest BCUT2D eigenvalue weighted by molar-refractivity contribution is 6.32. The van der Waals surface area contributed by atoms with Gasteiger partial charge >= 0.3 is 0 Å². The fraction of sp³-hybridized carbons (Fsp3) is 0.444. The summed E-state index contributed by atoms with van der Waals surface area (Å²) < 4.78 is 5.85. The van der Waals surface area contributed by atoms with Gasteiger partial charge in [-0.2, -0.15) is 4.98 Å². The first kappa shape index (κ1) is 17.9. The van der Waals surface area contributed by atoms with Crippen molar-refractivity contribution in [3.05, 3.63) is 23.7 Å². The molecule has 1 fully saturated rings. The minimum absolute atomic E-state index is 0.0788. The SMILES string of the molecule is CC1C(CO)CCC1(C)Nc1nc(N)nc(Cl)c1-c1cc2cncnc2o1. The lowest BCUT2D eigenvalue weighted by Gasteiger charge is -2.33. The number of furan rings is 1. The van der Waals surface area contributed by atoms with Crippen LogP contribution in [-0.2, 0) is 0 Å². The van der Waals surface area contributed by atoms with Crippen LogP contribution in [0.5, 0.6) is 0 Å². The fourth-order valence-corrected chi connectivity index (χ4v) is 4.12. The van der Waals surface area contributed by atoms with E-state index in [1.165, 1.54) is 6.33 Å². The number of hydrogen-bond acceptors (Lipinski definition) is 8. The summed E-state index contributed by atoms with van der Waals surface area (Å²) in [4.78, 5) is 16.6. The van der Waals surface area contributed by atoms with Crippen molar-refractivity contribution in [2.75, 3.05) is 17.7 Å². The minimum Gasteiger partial charge on any atom is -0.437 e. The molecule has 3 aromatic heterocycles. The van der Waals surface area contributed by atoms with Crippen LogP contribution in [0, 0.1) is 11.8 Å². The molecule has 0 spiro atoms. The molecule has 0 amide bonds. The zero-order valence-corrected chi connectivity index (χ0v) is 15.9. The van der Waals surface area contributed by atoms with Crippen LogP contribution in [-0.4, -0.2) is 37.2 Å². The Morgan fingerprint density at radius 3 is 2.96 bits per heavy atom. The molecule has 0 aromatic carbocycles. The summed E-state index contributed by atoms with van der Waals surface area (Å²) in [6.45, 7) is 4.41. The van der Waals surface area contributed by atoms with Crippen LogP contribution in [0.2, 0.25) is 5.15 Å². The molecule has 1 aliphatic rings. The van der Waals surface area contributed by atoms with Crippen LogP contribution < -0.4 is 11.1 Å². The molecule has 3 heterocycles. The van der Waals surface area contributed by atoms with E-state index >= 15 is 0 Å². The number of nitrogens with two attached hydrogens (primary N) is 1. The standard InChI is InChI=1S/C18H21ClN6O2/c1-9-10(7-26)3-4-18(9,2)25-15-13(14(19)23-17(20)24-15)12-5-11-6-21-8-22-16(11)27-12/h5-6,8-10,26H,3-4,7H2,1-2H3,(H3,20,23,24,25). The summed E-state index contributed by atoms with van der Waals surface area (Å²) in [6.07, 6.45) is 4.92. The van der Waals surface area contributed by atoms with E-state index in [4.69, 9.17) is 21.8 Å². The molecule has 0 bridgehead atoms. The van der Waals surface area contributed by atoms with E-state index in [9.17, 15) is 5.11 Å². The molecule has 3 aromatic rings. The van der Waals surface area contributed by atoms with Gasteiger partial charge in [0.15, 0.2) is 0 Å². The van der Waals surface area contributed by atoms with Gasteiger partial charge in [-0.1, -0.05) is 18.5 Å². The molecule has 0 saturated heterocycles. The average molecular weight is 389 g/mol. The molecule has 1 saturated carbocycles. The number of nitrogens with one attached hydrogen (secondary N) is 1. The number of aromatic nitrogens is 4. The molecule has 1 aliphatic carbocycles. The summed E-state index contributed by atoms with van der Waals surface area (Å²) in [5.41, 5.74) is 6.57. The smallest absolute Gasteiger partial charge is 0.229 e. The molecule has 9 heteroatoms. The highest BCUT2D eigenvalue weighted by Gasteiger charge is 2.43. The summed E-state index contributed by atoms with van der Waals surface area (Å²) in [6, 6.07) is 1.80. The third-order valence-electron chi connectivity index (χ3n) is 5.71. The van der Waals surface area contributed by atoms with Gasteiger partial charge in [-0.05, 0) is 37.7 Å². The Hall–Kier alpha value is -2.45. The maximum Gasteiger partial charge on any atom is 0.229 e. The quantitative estimate of drug-likeness (QED) is 0.582. The lowest BCUT2D eigenvalue weighted by Crippen LogP contribution is -2.40. The number of hydrogen-bond donors (Lipinski definition) is 3. The molecule has 3 unspecified atom stereocenters. The van der Waals surface area contributed by atoms with Gasteiger partial charge in [-0.15, -0.1) is 0 Å². The van der Waals surface area contributed by atoms with E-state index in [0.717, 1.165) is 18.2 Å². The van der Waals surface area contributed by atoms with E-state index in [2.05, 4.69) is 39.1 Å². The molecular formula is C18H21ClN6O2. The maximum absolute atomic E-state index is 9.61. The first-order chi connectivity index (χ1) is 12.9. The monoisotopic (exact) mass is 388 g/mol. The number of fused-ring (bicyclic) bond motifs is 1. The van der Waals surface area contributed by atoms with Crippen molar-refractivity contribution in [1.82, 2.24) is 19.9 Å². The zero-order chi connectivity index (χ0) is 19.2. The Morgan fingerprint density at radius 1 is 1.44 bits per heavy atom. The number of anilines is 2. The van der Waals surface area contributed by atoms with Crippen LogP contribution in [0.3, 0.4) is 0 Å². The molecule has 142 valence electrons. The third-order valence-corrected chi connectivity index (χ3v) is 5.98.